The number of pyridine rings is 1. The van der Waals surface area contributed by atoms with Crippen LogP contribution in [0, 0.1) is 5.82 Å². The van der Waals surface area contributed by atoms with E-state index in [2.05, 4.69) is 4.98 Å². The van der Waals surface area contributed by atoms with Gasteiger partial charge in [-0.3, -0.25) is 4.98 Å². The third-order valence-electron chi connectivity index (χ3n) is 1.42. The van der Waals surface area contributed by atoms with Crippen molar-refractivity contribution in [2.24, 2.45) is 5.73 Å². The first-order valence-corrected chi connectivity index (χ1v) is 3.89. The van der Waals surface area contributed by atoms with Crippen LogP contribution >= 0.6 is 24.0 Å². The number of halogens is 3. The molecule has 0 aromatic carbocycles. The molecule has 1 rings (SSSR count). The molecule has 0 fully saturated rings. The van der Waals surface area contributed by atoms with Gasteiger partial charge in [-0.1, -0.05) is 11.6 Å². The summed E-state index contributed by atoms with van der Waals surface area (Å²) in [5, 5.41) is 0.266. The lowest BCUT2D eigenvalue weighted by Gasteiger charge is -2.18. The van der Waals surface area contributed by atoms with Crippen molar-refractivity contribution in [1.29, 1.82) is 0 Å². The molecular formula is C8H11Cl2FN2. The van der Waals surface area contributed by atoms with Gasteiger partial charge in [-0.15, -0.1) is 12.4 Å². The van der Waals surface area contributed by atoms with Gasteiger partial charge in [0.25, 0.3) is 0 Å². The molecule has 0 atom stereocenters. The van der Waals surface area contributed by atoms with Crippen LogP contribution in [0.15, 0.2) is 12.3 Å². The number of nitrogens with two attached hydrogens (primary N) is 1. The monoisotopic (exact) mass is 224 g/mol. The lowest BCUT2D eigenvalue weighted by atomic mass is 10.0. The van der Waals surface area contributed by atoms with Crippen LogP contribution in [-0.2, 0) is 5.54 Å². The molecular weight excluding hydrogens is 214 g/mol. The second kappa shape index (κ2) is 4.22. The number of hydrogen-bond donors (Lipinski definition) is 1. The largest absolute Gasteiger partial charge is 0.321 e. The van der Waals surface area contributed by atoms with Crippen LogP contribution < -0.4 is 5.73 Å². The third-order valence-corrected chi connectivity index (χ3v) is 1.71. The van der Waals surface area contributed by atoms with E-state index in [-0.39, 0.29) is 17.4 Å². The maximum Gasteiger partial charge on any atom is 0.142 e. The minimum Gasteiger partial charge on any atom is -0.321 e. The van der Waals surface area contributed by atoms with Crippen LogP contribution in [0.4, 0.5) is 4.39 Å². The predicted octanol–water partition coefficient (Wildman–Crippen LogP) is 2.49. The van der Waals surface area contributed by atoms with Gasteiger partial charge in [0, 0.05) is 0 Å². The highest BCUT2D eigenvalue weighted by Gasteiger charge is 2.19. The molecule has 5 heteroatoms. The summed E-state index contributed by atoms with van der Waals surface area (Å²) in [7, 11) is 0. The Morgan fingerprint density at radius 1 is 1.54 bits per heavy atom. The normalized spacial score (nSPS) is 10.8. The Bertz CT molecular complexity index is 297. The average Bonchev–Trinajstić information content (AvgIpc) is 1.83. The summed E-state index contributed by atoms with van der Waals surface area (Å²) in [6.45, 7) is 3.53. The smallest absolute Gasteiger partial charge is 0.142 e. The Morgan fingerprint density at radius 2 is 2.08 bits per heavy atom. The molecule has 1 aromatic rings. The maximum absolute atomic E-state index is 12.5. The summed E-state index contributed by atoms with van der Waals surface area (Å²) < 4.78 is 12.5. The van der Waals surface area contributed by atoms with Crippen LogP contribution in [0.5, 0.6) is 0 Å². The van der Waals surface area contributed by atoms with Gasteiger partial charge in [0.2, 0.25) is 0 Å². The molecule has 0 saturated heterocycles. The quantitative estimate of drug-likeness (QED) is 0.797. The number of hydrogen-bond acceptors (Lipinski definition) is 2. The summed E-state index contributed by atoms with van der Waals surface area (Å²) in [6, 6.07) is 1.21. The average molecular weight is 225 g/mol. The molecule has 2 nitrogen and oxygen atoms in total. The Kier molecular flexibility index (Phi) is 4.10. The predicted molar refractivity (Wildman–Crippen MR) is 53.7 cm³/mol. The standard InChI is InChI=1S/C8H10ClFN2.ClH/c1-8(2,11)7-6(9)3-5(10)4-12-7;/h3-4H,11H2,1-2H3;1H. The van der Waals surface area contributed by atoms with Crippen molar-refractivity contribution in [1.82, 2.24) is 4.98 Å². The SMILES string of the molecule is CC(C)(N)c1ncc(F)cc1Cl.Cl. The topological polar surface area (TPSA) is 38.9 Å². The molecule has 0 bridgehead atoms. The fourth-order valence-corrected chi connectivity index (χ4v) is 1.29. The fraction of sp³-hybridized carbons (Fsp3) is 0.375. The van der Waals surface area contributed by atoms with E-state index in [0.717, 1.165) is 6.20 Å². The summed E-state index contributed by atoms with van der Waals surface area (Å²) >= 11 is 5.73. The number of nitrogens with zero attached hydrogens (tertiary/aromatic N) is 1. The van der Waals surface area contributed by atoms with Crippen LogP contribution in [0.1, 0.15) is 19.5 Å². The molecule has 0 aliphatic heterocycles. The van der Waals surface area contributed by atoms with Crippen LogP contribution in [0.3, 0.4) is 0 Å². The Labute approximate surface area is 87.7 Å². The summed E-state index contributed by atoms with van der Waals surface area (Å²) in [5.41, 5.74) is 5.61. The van der Waals surface area contributed by atoms with Crippen molar-refractivity contribution in [3.8, 4) is 0 Å². The van der Waals surface area contributed by atoms with Gasteiger partial charge in [-0.05, 0) is 19.9 Å². The van der Waals surface area contributed by atoms with E-state index < -0.39 is 11.4 Å². The molecule has 1 aromatic heterocycles. The minimum atomic E-state index is -0.634. The van der Waals surface area contributed by atoms with Gasteiger partial charge < -0.3 is 5.73 Å². The van der Waals surface area contributed by atoms with Gasteiger partial charge >= 0.3 is 0 Å². The molecule has 0 aliphatic carbocycles. The highest BCUT2D eigenvalue weighted by atomic mass is 35.5. The number of aromatic nitrogens is 1. The van der Waals surface area contributed by atoms with E-state index in [1.165, 1.54) is 6.07 Å². The van der Waals surface area contributed by atoms with Crippen LogP contribution in [-0.4, -0.2) is 4.98 Å². The van der Waals surface area contributed by atoms with Gasteiger partial charge in [0.05, 0.1) is 22.5 Å². The molecule has 0 unspecified atom stereocenters. The molecule has 0 aliphatic rings. The molecule has 74 valence electrons. The maximum atomic E-state index is 12.5. The first-order chi connectivity index (χ1) is 5.41. The zero-order valence-electron chi connectivity index (χ0n) is 7.34. The second-order valence-corrected chi connectivity index (χ2v) is 3.61. The molecule has 2 N–H and O–H groups in total. The third kappa shape index (κ3) is 3.10. The van der Waals surface area contributed by atoms with Gasteiger partial charge in [0.1, 0.15) is 5.82 Å². The highest BCUT2D eigenvalue weighted by molar-refractivity contribution is 6.31. The second-order valence-electron chi connectivity index (χ2n) is 3.21. The fourth-order valence-electron chi connectivity index (χ4n) is 0.889. The van der Waals surface area contributed by atoms with E-state index >= 15 is 0 Å². The first-order valence-electron chi connectivity index (χ1n) is 3.51. The summed E-state index contributed by atoms with van der Waals surface area (Å²) in [5.74, 6) is -0.451. The summed E-state index contributed by atoms with van der Waals surface area (Å²) in [6.07, 6.45) is 1.11. The lowest BCUT2D eigenvalue weighted by Crippen LogP contribution is -2.30. The van der Waals surface area contributed by atoms with Crippen molar-refractivity contribution in [3.63, 3.8) is 0 Å². The molecule has 0 spiro atoms. The molecule has 13 heavy (non-hydrogen) atoms. The Morgan fingerprint density at radius 3 is 2.46 bits per heavy atom. The van der Waals surface area contributed by atoms with E-state index in [0.29, 0.717) is 5.69 Å². The molecule has 0 radical (unpaired) electrons. The first kappa shape index (κ1) is 12.6. The minimum absolute atomic E-state index is 0. The van der Waals surface area contributed by atoms with E-state index in [9.17, 15) is 4.39 Å². The van der Waals surface area contributed by atoms with Crippen LogP contribution in [0.2, 0.25) is 5.02 Å². The van der Waals surface area contributed by atoms with Gasteiger partial charge in [-0.2, -0.15) is 0 Å². The van der Waals surface area contributed by atoms with Gasteiger partial charge in [0.15, 0.2) is 0 Å². The lowest BCUT2D eigenvalue weighted by molar-refractivity contribution is 0.529. The highest BCUT2D eigenvalue weighted by Crippen LogP contribution is 2.23. The zero-order valence-corrected chi connectivity index (χ0v) is 8.92. The van der Waals surface area contributed by atoms with Crippen molar-refractivity contribution in [2.45, 2.75) is 19.4 Å². The Hall–Kier alpha value is -0.380. The zero-order chi connectivity index (χ0) is 9.35. The number of rotatable bonds is 1. The van der Waals surface area contributed by atoms with Crippen molar-refractivity contribution in [2.75, 3.05) is 0 Å². The van der Waals surface area contributed by atoms with E-state index in [1.807, 2.05) is 0 Å². The van der Waals surface area contributed by atoms with Gasteiger partial charge in [-0.25, -0.2) is 4.39 Å². The van der Waals surface area contributed by atoms with E-state index in [4.69, 9.17) is 17.3 Å². The molecule has 1 heterocycles. The van der Waals surface area contributed by atoms with Crippen LogP contribution in [0.25, 0.3) is 0 Å². The Balaban J connectivity index is 0.00000144. The molecule has 0 amide bonds. The molecule has 0 saturated carbocycles. The van der Waals surface area contributed by atoms with Crippen molar-refractivity contribution >= 4 is 24.0 Å². The van der Waals surface area contributed by atoms with E-state index in [1.54, 1.807) is 13.8 Å². The van der Waals surface area contributed by atoms with Crippen molar-refractivity contribution in [3.05, 3.63) is 28.8 Å². The van der Waals surface area contributed by atoms with Crippen molar-refractivity contribution < 1.29 is 4.39 Å². The summed E-state index contributed by atoms with van der Waals surface area (Å²) in [4.78, 5) is 3.82.